The van der Waals surface area contributed by atoms with Crippen molar-refractivity contribution in [2.24, 2.45) is 7.05 Å². The van der Waals surface area contributed by atoms with Gasteiger partial charge in [0.1, 0.15) is 5.69 Å². The van der Waals surface area contributed by atoms with E-state index in [0.29, 0.717) is 17.8 Å². The second-order valence-electron chi connectivity index (χ2n) is 5.13. The molecule has 1 aliphatic carbocycles. The van der Waals surface area contributed by atoms with Gasteiger partial charge in [-0.2, -0.15) is 0 Å². The average Bonchev–Trinajstić information content (AvgIpc) is 2.84. The zero-order chi connectivity index (χ0) is 13.1. The summed E-state index contributed by atoms with van der Waals surface area (Å²) in [7, 11) is 5.77. The van der Waals surface area contributed by atoms with E-state index in [9.17, 15) is 4.79 Å². The minimum atomic E-state index is 0.0310. The quantitative estimate of drug-likeness (QED) is 0.871. The Morgan fingerprint density at radius 1 is 1.44 bits per heavy atom. The molecule has 0 spiro atoms. The lowest BCUT2D eigenvalue weighted by Crippen LogP contribution is -2.42. The molecule has 5 heteroatoms. The second-order valence-corrected chi connectivity index (χ2v) is 5.13. The molecule has 1 amide bonds. The molecule has 1 N–H and O–H groups in total. The van der Waals surface area contributed by atoms with Crippen molar-refractivity contribution in [2.45, 2.75) is 37.8 Å². The number of hydrogen-bond donors (Lipinski definition) is 1. The van der Waals surface area contributed by atoms with Gasteiger partial charge in [0.25, 0.3) is 5.91 Å². The first-order valence-corrected chi connectivity index (χ1v) is 6.54. The fraction of sp³-hybridized carbons (Fsp3) is 0.692. The van der Waals surface area contributed by atoms with Crippen molar-refractivity contribution in [3.05, 3.63) is 18.2 Å². The molecule has 2 rings (SSSR count). The highest BCUT2D eigenvalue weighted by Crippen LogP contribution is 2.23. The molecule has 0 aromatic carbocycles. The van der Waals surface area contributed by atoms with Crippen molar-refractivity contribution >= 4 is 5.91 Å². The highest BCUT2D eigenvalue weighted by molar-refractivity contribution is 5.92. The molecule has 1 aromatic heterocycles. The van der Waals surface area contributed by atoms with Crippen LogP contribution >= 0.6 is 0 Å². The molecule has 0 saturated heterocycles. The standard InChI is InChI=1S/C13H22N4O/c1-14-10-4-6-11(7-5-10)17(3)13(18)12-8-16(2)9-15-12/h8-11,14H,4-7H2,1-3H3. The summed E-state index contributed by atoms with van der Waals surface area (Å²) < 4.78 is 1.80. The Labute approximate surface area is 108 Å². The summed E-state index contributed by atoms with van der Waals surface area (Å²) in [6.45, 7) is 0. The lowest BCUT2D eigenvalue weighted by molar-refractivity contribution is 0.0680. The maximum Gasteiger partial charge on any atom is 0.274 e. The summed E-state index contributed by atoms with van der Waals surface area (Å²) in [5.41, 5.74) is 0.538. The van der Waals surface area contributed by atoms with Gasteiger partial charge in [0, 0.05) is 32.4 Å². The number of carbonyl (C=O) groups excluding carboxylic acids is 1. The fourth-order valence-electron chi connectivity index (χ4n) is 2.62. The van der Waals surface area contributed by atoms with Crippen molar-refractivity contribution in [2.75, 3.05) is 14.1 Å². The van der Waals surface area contributed by atoms with Crippen LogP contribution in [0, 0.1) is 0 Å². The van der Waals surface area contributed by atoms with Crippen LogP contribution in [0.4, 0.5) is 0 Å². The van der Waals surface area contributed by atoms with Crippen LogP contribution in [-0.2, 0) is 7.05 Å². The van der Waals surface area contributed by atoms with Gasteiger partial charge < -0.3 is 14.8 Å². The Morgan fingerprint density at radius 3 is 2.61 bits per heavy atom. The molecule has 0 aliphatic heterocycles. The van der Waals surface area contributed by atoms with E-state index in [1.807, 2.05) is 26.0 Å². The van der Waals surface area contributed by atoms with Gasteiger partial charge in [-0.15, -0.1) is 0 Å². The molecule has 18 heavy (non-hydrogen) atoms. The Hall–Kier alpha value is -1.36. The zero-order valence-electron chi connectivity index (χ0n) is 11.4. The second kappa shape index (κ2) is 5.52. The van der Waals surface area contributed by atoms with Crippen molar-refractivity contribution in [3.8, 4) is 0 Å². The maximum atomic E-state index is 12.2. The van der Waals surface area contributed by atoms with Crippen molar-refractivity contribution in [3.63, 3.8) is 0 Å². The maximum absolute atomic E-state index is 12.2. The Kier molecular flexibility index (Phi) is 4.01. The molecule has 1 aromatic rings. The zero-order valence-corrected chi connectivity index (χ0v) is 11.4. The summed E-state index contributed by atoms with van der Waals surface area (Å²) in [6.07, 6.45) is 7.86. The van der Waals surface area contributed by atoms with Crippen molar-refractivity contribution < 1.29 is 4.79 Å². The van der Waals surface area contributed by atoms with E-state index in [-0.39, 0.29) is 5.91 Å². The van der Waals surface area contributed by atoms with Gasteiger partial charge in [0.2, 0.25) is 0 Å². The third-order valence-electron chi connectivity index (χ3n) is 3.90. The number of nitrogens with one attached hydrogen (secondary N) is 1. The van der Waals surface area contributed by atoms with Gasteiger partial charge in [0.05, 0.1) is 6.33 Å². The van der Waals surface area contributed by atoms with Crippen LogP contribution in [0.3, 0.4) is 0 Å². The molecular weight excluding hydrogens is 228 g/mol. The molecule has 0 radical (unpaired) electrons. The minimum absolute atomic E-state index is 0.0310. The summed E-state index contributed by atoms with van der Waals surface area (Å²) >= 11 is 0. The number of amides is 1. The van der Waals surface area contributed by atoms with Crippen LogP contribution in [0.5, 0.6) is 0 Å². The smallest absolute Gasteiger partial charge is 0.274 e. The summed E-state index contributed by atoms with van der Waals surface area (Å²) in [5, 5.41) is 3.31. The van der Waals surface area contributed by atoms with E-state index in [4.69, 9.17) is 0 Å². The topological polar surface area (TPSA) is 50.2 Å². The number of rotatable bonds is 3. The number of hydrogen-bond acceptors (Lipinski definition) is 3. The summed E-state index contributed by atoms with van der Waals surface area (Å²) in [4.78, 5) is 18.2. The summed E-state index contributed by atoms with van der Waals surface area (Å²) in [6, 6.07) is 0.962. The molecule has 5 nitrogen and oxygen atoms in total. The predicted molar refractivity (Wildman–Crippen MR) is 70.4 cm³/mol. The van der Waals surface area contributed by atoms with Crippen LogP contribution in [0.1, 0.15) is 36.2 Å². The number of nitrogens with zero attached hydrogens (tertiary/aromatic N) is 3. The molecular formula is C13H22N4O. The van der Waals surface area contributed by atoms with E-state index in [0.717, 1.165) is 25.7 Å². The Balaban J connectivity index is 1.95. The lowest BCUT2D eigenvalue weighted by atomic mass is 9.90. The Bertz CT molecular complexity index is 407. The number of aromatic nitrogens is 2. The van der Waals surface area contributed by atoms with Crippen LogP contribution in [0.15, 0.2) is 12.5 Å². The monoisotopic (exact) mass is 250 g/mol. The van der Waals surface area contributed by atoms with Crippen LogP contribution in [-0.4, -0.2) is 46.5 Å². The minimum Gasteiger partial charge on any atom is -0.340 e. The fourth-order valence-corrected chi connectivity index (χ4v) is 2.62. The van der Waals surface area contributed by atoms with E-state index in [1.165, 1.54) is 0 Å². The Morgan fingerprint density at radius 2 is 2.11 bits per heavy atom. The first-order chi connectivity index (χ1) is 8.61. The van der Waals surface area contributed by atoms with Gasteiger partial charge in [-0.1, -0.05) is 0 Å². The van der Waals surface area contributed by atoms with Gasteiger partial charge >= 0.3 is 0 Å². The highest BCUT2D eigenvalue weighted by atomic mass is 16.2. The number of imidazole rings is 1. The number of carbonyl (C=O) groups is 1. The van der Waals surface area contributed by atoms with Crippen LogP contribution in [0.2, 0.25) is 0 Å². The third-order valence-corrected chi connectivity index (χ3v) is 3.90. The molecule has 1 saturated carbocycles. The normalized spacial score (nSPS) is 23.9. The third kappa shape index (κ3) is 2.72. The molecule has 1 fully saturated rings. The van der Waals surface area contributed by atoms with Gasteiger partial charge in [-0.05, 0) is 32.7 Å². The van der Waals surface area contributed by atoms with Crippen LogP contribution < -0.4 is 5.32 Å². The largest absolute Gasteiger partial charge is 0.340 e. The lowest BCUT2D eigenvalue weighted by Gasteiger charge is -2.34. The first kappa shape index (κ1) is 13.1. The molecule has 1 aliphatic rings. The van der Waals surface area contributed by atoms with Crippen molar-refractivity contribution in [1.82, 2.24) is 19.8 Å². The van der Waals surface area contributed by atoms with Gasteiger partial charge in [-0.25, -0.2) is 4.98 Å². The first-order valence-electron chi connectivity index (χ1n) is 6.54. The van der Waals surface area contributed by atoms with E-state index >= 15 is 0 Å². The highest BCUT2D eigenvalue weighted by Gasteiger charge is 2.27. The molecule has 1 heterocycles. The van der Waals surface area contributed by atoms with E-state index < -0.39 is 0 Å². The summed E-state index contributed by atoms with van der Waals surface area (Å²) in [5.74, 6) is 0.0310. The average molecular weight is 250 g/mol. The predicted octanol–water partition coefficient (Wildman–Crippen LogP) is 1.02. The SMILES string of the molecule is CNC1CCC(N(C)C(=O)c2cn(C)cn2)CC1. The molecule has 100 valence electrons. The number of aryl methyl sites for hydroxylation is 1. The van der Waals surface area contributed by atoms with Crippen LogP contribution in [0.25, 0.3) is 0 Å². The van der Waals surface area contributed by atoms with E-state index in [1.54, 1.807) is 17.1 Å². The molecule has 0 bridgehead atoms. The molecule has 0 atom stereocenters. The van der Waals surface area contributed by atoms with Gasteiger partial charge in [-0.3, -0.25) is 4.79 Å². The molecule has 0 unspecified atom stereocenters. The van der Waals surface area contributed by atoms with Crippen molar-refractivity contribution in [1.29, 1.82) is 0 Å². The van der Waals surface area contributed by atoms with E-state index in [2.05, 4.69) is 10.3 Å². The van der Waals surface area contributed by atoms with Gasteiger partial charge in [0.15, 0.2) is 0 Å².